The second-order valence-electron chi connectivity index (χ2n) is 3.55. The molecule has 4 nitrogen and oxygen atoms in total. The molecule has 5 heteroatoms. The van der Waals surface area contributed by atoms with Crippen molar-refractivity contribution in [3.05, 3.63) is 23.5 Å². The van der Waals surface area contributed by atoms with E-state index in [9.17, 15) is 9.18 Å². The van der Waals surface area contributed by atoms with Gasteiger partial charge in [-0.25, -0.2) is 4.39 Å². The number of carbonyl (C=O) groups is 1. The van der Waals surface area contributed by atoms with Gasteiger partial charge < -0.3 is 15.4 Å². The number of methoxy groups -OCH3 is 1. The molecule has 0 atom stereocenters. The number of nitrogens with zero attached hydrogens (tertiary/aromatic N) is 1. The zero-order valence-corrected chi connectivity index (χ0v) is 10.3. The zero-order chi connectivity index (χ0) is 13.0. The molecule has 94 valence electrons. The fourth-order valence-electron chi connectivity index (χ4n) is 1.59. The van der Waals surface area contributed by atoms with Gasteiger partial charge in [0.1, 0.15) is 11.6 Å². The van der Waals surface area contributed by atoms with E-state index in [1.165, 1.54) is 18.1 Å². The number of carbonyl (C=O) groups excluding carboxylic acids is 1. The lowest BCUT2D eigenvalue weighted by Gasteiger charge is -2.19. The van der Waals surface area contributed by atoms with Gasteiger partial charge in [-0.1, -0.05) is 0 Å². The highest BCUT2D eigenvalue weighted by Gasteiger charge is 2.19. The SMILES string of the molecule is CCN(CC)C(=O)c1cc(OC)c(N)cc1F. The molecule has 0 aliphatic carbocycles. The first-order valence-corrected chi connectivity index (χ1v) is 5.47. The third kappa shape index (κ3) is 2.67. The number of nitrogens with two attached hydrogens (primary N) is 1. The van der Waals surface area contributed by atoms with E-state index in [0.717, 1.165) is 6.07 Å². The number of halogens is 1. The predicted molar refractivity (Wildman–Crippen MR) is 64.6 cm³/mol. The number of ether oxygens (including phenoxy) is 1. The molecule has 0 aliphatic rings. The minimum Gasteiger partial charge on any atom is -0.495 e. The number of amides is 1. The molecule has 0 saturated heterocycles. The van der Waals surface area contributed by atoms with E-state index in [1.54, 1.807) is 0 Å². The van der Waals surface area contributed by atoms with Gasteiger partial charge in [-0.15, -0.1) is 0 Å². The summed E-state index contributed by atoms with van der Waals surface area (Å²) in [6.07, 6.45) is 0. The summed E-state index contributed by atoms with van der Waals surface area (Å²) in [4.78, 5) is 13.5. The molecule has 2 N–H and O–H groups in total. The highest BCUT2D eigenvalue weighted by atomic mass is 19.1. The quantitative estimate of drug-likeness (QED) is 0.818. The summed E-state index contributed by atoms with van der Waals surface area (Å²) in [5, 5.41) is 0. The lowest BCUT2D eigenvalue weighted by atomic mass is 10.1. The number of nitrogen functional groups attached to an aromatic ring is 1. The van der Waals surface area contributed by atoms with Gasteiger partial charge in [-0.05, 0) is 19.9 Å². The normalized spacial score (nSPS) is 10.1. The van der Waals surface area contributed by atoms with Gasteiger partial charge in [0.05, 0.1) is 18.4 Å². The van der Waals surface area contributed by atoms with Crippen LogP contribution in [0, 0.1) is 5.82 Å². The molecule has 0 aliphatic heterocycles. The first-order valence-electron chi connectivity index (χ1n) is 5.47. The molecule has 1 amide bonds. The maximum atomic E-state index is 13.7. The van der Waals surface area contributed by atoms with Crippen LogP contribution >= 0.6 is 0 Å². The Morgan fingerprint density at radius 3 is 2.47 bits per heavy atom. The average molecular weight is 240 g/mol. The molecule has 0 unspecified atom stereocenters. The molecule has 1 aromatic carbocycles. The van der Waals surface area contributed by atoms with Gasteiger partial charge in [0.15, 0.2) is 0 Å². The molecule has 1 rings (SSSR count). The molecule has 17 heavy (non-hydrogen) atoms. The summed E-state index contributed by atoms with van der Waals surface area (Å²) in [6.45, 7) is 4.74. The van der Waals surface area contributed by atoms with Crippen LogP contribution in [0.4, 0.5) is 10.1 Å². The largest absolute Gasteiger partial charge is 0.495 e. The fourth-order valence-corrected chi connectivity index (χ4v) is 1.59. The van der Waals surface area contributed by atoms with E-state index in [0.29, 0.717) is 18.8 Å². The fraction of sp³-hybridized carbons (Fsp3) is 0.417. The van der Waals surface area contributed by atoms with Crippen LogP contribution < -0.4 is 10.5 Å². The second kappa shape index (κ2) is 5.52. The summed E-state index contributed by atoms with van der Waals surface area (Å²) >= 11 is 0. The Balaban J connectivity index is 3.17. The van der Waals surface area contributed by atoms with Crippen molar-refractivity contribution in [2.45, 2.75) is 13.8 Å². The van der Waals surface area contributed by atoms with Gasteiger partial charge in [0, 0.05) is 19.2 Å². The molecule has 1 aromatic rings. The first-order chi connectivity index (χ1) is 8.04. The molecule has 0 fully saturated rings. The Morgan fingerprint density at radius 2 is 2.00 bits per heavy atom. The lowest BCUT2D eigenvalue weighted by Crippen LogP contribution is -2.31. The van der Waals surface area contributed by atoms with E-state index in [4.69, 9.17) is 10.5 Å². The summed E-state index contributed by atoms with van der Waals surface area (Å²) < 4.78 is 18.6. The van der Waals surface area contributed by atoms with E-state index < -0.39 is 5.82 Å². The summed E-state index contributed by atoms with van der Waals surface area (Å²) in [5.74, 6) is -0.673. The van der Waals surface area contributed by atoms with Crippen molar-refractivity contribution in [2.75, 3.05) is 25.9 Å². The lowest BCUT2D eigenvalue weighted by molar-refractivity contribution is 0.0768. The maximum Gasteiger partial charge on any atom is 0.256 e. The summed E-state index contributed by atoms with van der Waals surface area (Å²) in [6, 6.07) is 2.45. The van der Waals surface area contributed by atoms with Crippen LogP contribution in [0.2, 0.25) is 0 Å². The van der Waals surface area contributed by atoms with Crippen LogP contribution in [0.5, 0.6) is 5.75 Å². The van der Waals surface area contributed by atoms with Crippen molar-refractivity contribution in [1.82, 2.24) is 4.90 Å². The molecule has 0 radical (unpaired) electrons. The minimum absolute atomic E-state index is 0.0141. The second-order valence-corrected chi connectivity index (χ2v) is 3.55. The van der Waals surface area contributed by atoms with Crippen LogP contribution in [-0.4, -0.2) is 31.0 Å². The van der Waals surface area contributed by atoms with Crippen LogP contribution in [0.3, 0.4) is 0 Å². The summed E-state index contributed by atoms with van der Waals surface area (Å²) in [7, 11) is 1.43. The molecule has 0 heterocycles. The van der Waals surface area contributed by atoms with Gasteiger partial charge in [-0.3, -0.25) is 4.79 Å². The first kappa shape index (κ1) is 13.3. The van der Waals surface area contributed by atoms with E-state index >= 15 is 0 Å². The molecular formula is C12H17FN2O2. The molecule has 0 spiro atoms. The van der Waals surface area contributed by atoms with Crippen molar-refractivity contribution in [2.24, 2.45) is 0 Å². The Morgan fingerprint density at radius 1 is 1.41 bits per heavy atom. The zero-order valence-electron chi connectivity index (χ0n) is 10.3. The maximum absolute atomic E-state index is 13.7. The smallest absolute Gasteiger partial charge is 0.256 e. The Kier molecular flexibility index (Phi) is 4.31. The Bertz CT molecular complexity index is 417. The van der Waals surface area contributed by atoms with Gasteiger partial charge in [0.25, 0.3) is 5.91 Å². The number of rotatable bonds is 4. The van der Waals surface area contributed by atoms with Gasteiger partial charge >= 0.3 is 0 Å². The topological polar surface area (TPSA) is 55.6 Å². The van der Waals surface area contributed by atoms with E-state index in [2.05, 4.69) is 0 Å². The molecule has 0 aromatic heterocycles. The molecular weight excluding hydrogens is 223 g/mol. The van der Waals surface area contributed by atoms with Gasteiger partial charge in [0.2, 0.25) is 0 Å². The summed E-state index contributed by atoms with van der Waals surface area (Å²) in [5.41, 5.74) is 5.72. The number of hydrogen-bond acceptors (Lipinski definition) is 3. The van der Waals surface area contributed by atoms with Gasteiger partial charge in [-0.2, -0.15) is 0 Å². The highest BCUT2D eigenvalue weighted by molar-refractivity contribution is 5.95. The van der Waals surface area contributed by atoms with Crippen LogP contribution in [0.15, 0.2) is 12.1 Å². The van der Waals surface area contributed by atoms with Crippen LogP contribution in [-0.2, 0) is 0 Å². The minimum atomic E-state index is -0.625. The van der Waals surface area contributed by atoms with Crippen molar-refractivity contribution in [3.63, 3.8) is 0 Å². The van der Waals surface area contributed by atoms with Crippen molar-refractivity contribution in [1.29, 1.82) is 0 Å². The van der Waals surface area contributed by atoms with E-state index in [1.807, 2.05) is 13.8 Å². The van der Waals surface area contributed by atoms with Crippen LogP contribution in [0.1, 0.15) is 24.2 Å². The highest BCUT2D eigenvalue weighted by Crippen LogP contribution is 2.25. The number of benzene rings is 1. The molecule has 0 saturated carbocycles. The third-order valence-corrected chi connectivity index (χ3v) is 2.60. The predicted octanol–water partition coefficient (Wildman–Crippen LogP) is 1.90. The van der Waals surface area contributed by atoms with Crippen molar-refractivity contribution < 1.29 is 13.9 Å². The number of anilines is 1. The number of hydrogen-bond donors (Lipinski definition) is 1. The Labute approximate surface area is 100 Å². The third-order valence-electron chi connectivity index (χ3n) is 2.60. The molecule has 0 bridgehead atoms. The average Bonchev–Trinajstić information content (AvgIpc) is 2.30. The standard InChI is InChI=1S/C12H17FN2O2/c1-4-15(5-2)12(16)8-6-11(17-3)10(14)7-9(8)13/h6-7H,4-5,14H2,1-3H3. The van der Waals surface area contributed by atoms with Crippen molar-refractivity contribution in [3.8, 4) is 5.75 Å². The van der Waals surface area contributed by atoms with Crippen molar-refractivity contribution >= 4 is 11.6 Å². The Hall–Kier alpha value is -1.78. The van der Waals surface area contributed by atoms with Crippen LogP contribution in [0.25, 0.3) is 0 Å². The monoisotopic (exact) mass is 240 g/mol. The van der Waals surface area contributed by atoms with E-state index in [-0.39, 0.29) is 17.2 Å².